The number of carbonyl (C=O) groups is 3. The summed E-state index contributed by atoms with van der Waals surface area (Å²) in [4.78, 5) is 38.1. The number of likely N-dealkylation sites (tertiary alicyclic amines) is 1. The summed E-state index contributed by atoms with van der Waals surface area (Å²) in [6, 6.07) is 6.66. The standard InChI is InChI=1S/C21H29N3O4/c1-4-19(25)23-17-6-5-13-24(14-17)21(27)15(2)22-20(26)12-9-16-7-10-18(28-3)11-8-16/h7-12,15,17H,4-6,13-14H2,1-3H3,(H,22,26)(H,23,25)/b12-9+. The van der Waals surface area contributed by atoms with E-state index >= 15 is 0 Å². The zero-order valence-corrected chi connectivity index (χ0v) is 16.7. The largest absolute Gasteiger partial charge is 0.497 e. The number of nitrogens with zero attached hydrogens (tertiary/aromatic N) is 1. The van der Waals surface area contributed by atoms with E-state index in [1.165, 1.54) is 6.08 Å². The van der Waals surface area contributed by atoms with Crippen LogP contribution in [0.3, 0.4) is 0 Å². The third kappa shape index (κ3) is 6.40. The third-order valence-corrected chi connectivity index (χ3v) is 4.69. The predicted octanol–water partition coefficient (Wildman–Crippen LogP) is 1.73. The van der Waals surface area contributed by atoms with Gasteiger partial charge in [-0.3, -0.25) is 14.4 Å². The first-order valence-electron chi connectivity index (χ1n) is 9.63. The smallest absolute Gasteiger partial charge is 0.244 e. The Hall–Kier alpha value is -2.83. The molecule has 0 bridgehead atoms. The van der Waals surface area contributed by atoms with Crippen LogP contribution in [-0.2, 0) is 14.4 Å². The van der Waals surface area contributed by atoms with Crippen molar-refractivity contribution in [1.82, 2.24) is 15.5 Å². The Kier molecular flexibility index (Phi) is 8.04. The van der Waals surface area contributed by atoms with E-state index < -0.39 is 6.04 Å². The summed E-state index contributed by atoms with van der Waals surface area (Å²) in [6.07, 6.45) is 5.21. The summed E-state index contributed by atoms with van der Waals surface area (Å²) in [5.41, 5.74) is 0.862. The topological polar surface area (TPSA) is 87.7 Å². The molecule has 1 aliphatic heterocycles. The molecular formula is C21H29N3O4. The molecule has 0 saturated carbocycles. The maximum atomic E-state index is 12.6. The normalized spacial score (nSPS) is 17.8. The van der Waals surface area contributed by atoms with Crippen molar-refractivity contribution in [3.8, 4) is 5.75 Å². The summed E-state index contributed by atoms with van der Waals surface area (Å²) in [5.74, 6) is 0.270. The molecule has 3 amide bonds. The van der Waals surface area contributed by atoms with Gasteiger partial charge in [-0.15, -0.1) is 0 Å². The minimum atomic E-state index is -0.631. The van der Waals surface area contributed by atoms with Crippen molar-refractivity contribution in [2.24, 2.45) is 0 Å². The molecule has 2 atom stereocenters. The molecule has 0 radical (unpaired) electrons. The number of rotatable bonds is 7. The molecule has 1 aliphatic rings. The molecule has 152 valence electrons. The van der Waals surface area contributed by atoms with Crippen LogP contribution in [-0.4, -0.2) is 54.9 Å². The van der Waals surface area contributed by atoms with Crippen LogP contribution in [0.2, 0.25) is 0 Å². The molecule has 2 rings (SSSR count). The Morgan fingerprint density at radius 1 is 1.29 bits per heavy atom. The first kappa shape index (κ1) is 21.5. The number of ether oxygens (including phenoxy) is 1. The summed E-state index contributed by atoms with van der Waals surface area (Å²) >= 11 is 0. The molecule has 28 heavy (non-hydrogen) atoms. The fourth-order valence-corrected chi connectivity index (χ4v) is 3.11. The summed E-state index contributed by atoms with van der Waals surface area (Å²) in [7, 11) is 1.60. The Balaban J connectivity index is 1.85. The van der Waals surface area contributed by atoms with Crippen LogP contribution >= 0.6 is 0 Å². The number of hydrogen-bond acceptors (Lipinski definition) is 4. The van der Waals surface area contributed by atoms with Crippen molar-refractivity contribution in [2.45, 2.75) is 45.2 Å². The average Bonchev–Trinajstić information content (AvgIpc) is 2.72. The lowest BCUT2D eigenvalue weighted by atomic mass is 10.0. The molecule has 1 heterocycles. The molecular weight excluding hydrogens is 358 g/mol. The number of methoxy groups -OCH3 is 1. The number of carbonyl (C=O) groups excluding carboxylic acids is 3. The van der Waals surface area contributed by atoms with Crippen LogP contribution in [0.5, 0.6) is 5.75 Å². The minimum absolute atomic E-state index is 0.00989. The van der Waals surface area contributed by atoms with Gasteiger partial charge in [0.15, 0.2) is 0 Å². The SMILES string of the molecule is CCC(=O)NC1CCCN(C(=O)C(C)NC(=O)/C=C/c2ccc(OC)cc2)C1. The number of piperidine rings is 1. The molecule has 0 aliphatic carbocycles. The quantitative estimate of drug-likeness (QED) is 0.698. The van der Waals surface area contributed by atoms with Crippen molar-refractivity contribution in [3.63, 3.8) is 0 Å². The van der Waals surface area contributed by atoms with Crippen molar-refractivity contribution in [2.75, 3.05) is 20.2 Å². The molecule has 1 aromatic carbocycles. The van der Waals surface area contributed by atoms with Gasteiger partial charge in [0.1, 0.15) is 11.8 Å². The fraction of sp³-hybridized carbons (Fsp3) is 0.476. The van der Waals surface area contributed by atoms with E-state index in [1.54, 1.807) is 31.9 Å². The van der Waals surface area contributed by atoms with Crippen LogP contribution in [0, 0.1) is 0 Å². The number of nitrogens with one attached hydrogen (secondary N) is 2. The van der Waals surface area contributed by atoms with Gasteiger partial charge in [-0.05, 0) is 43.5 Å². The Labute approximate surface area is 166 Å². The van der Waals surface area contributed by atoms with E-state index in [9.17, 15) is 14.4 Å². The maximum absolute atomic E-state index is 12.6. The van der Waals surface area contributed by atoms with Gasteiger partial charge in [-0.2, -0.15) is 0 Å². The van der Waals surface area contributed by atoms with Gasteiger partial charge >= 0.3 is 0 Å². The van der Waals surface area contributed by atoms with E-state index in [-0.39, 0.29) is 23.8 Å². The highest BCUT2D eigenvalue weighted by atomic mass is 16.5. The van der Waals surface area contributed by atoms with Gasteiger partial charge in [-0.1, -0.05) is 19.1 Å². The predicted molar refractivity (Wildman–Crippen MR) is 108 cm³/mol. The number of benzene rings is 1. The van der Waals surface area contributed by atoms with Crippen molar-refractivity contribution in [3.05, 3.63) is 35.9 Å². The average molecular weight is 387 g/mol. The van der Waals surface area contributed by atoms with Gasteiger partial charge in [0.05, 0.1) is 7.11 Å². The second-order valence-corrected chi connectivity index (χ2v) is 6.88. The fourth-order valence-electron chi connectivity index (χ4n) is 3.11. The Morgan fingerprint density at radius 3 is 2.64 bits per heavy atom. The van der Waals surface area contributed by atoms with E-state index in [1.807, 2.05) is 24.3 Å². The zero-order valence-electron chi connectivity index (χ0n) is 16.7. The highest BCUT2D eigenvalue weighted by molar-refractivity contribution is 5.95. The number of hydrogen-bond donors (Lipinski definition) is 2. The van der Waals surface area contributed by atoms with Crippen molar-refractivity contribution >= 4 is 23.8 Å². The molecule has 7 nitrogen and oxygen atoms in total. The van der Waals surface area contributed by atoms with Crippen molar-refractivity contribution in [1.29, 1.82) is 0 Å². The van der Waals surface area contributed by atoms with E-state index in [2.05, 4.69) is 10.6 Å². The van der Waals surface area contributed by atoms with Gasteiger partial charge in [0.25, 0.3) is 0 Å². The maximum Gasteiger partial charge on any atom is 0.244 e. The second-order valence-electron chi connectivity index (χ2n) is 6.88. The van der Waals surface area contributed by atoms with E-state index in [0.29, 0.717) is 19.5 Å². The first-order valence-corrected chi connectivity index (χ1v) is 9.63. The third-order valence-electron chi connectivity index (χ3n) is 4.69. The summed E-state index contributed by atoms with van der Waals surface area (Å²) in [5, 5.41) is 5.65. The Morgan fingerprint density at radius 2 is 2.00 bits per heavy atom. The van der Waals surface area contributed by atoms with E-state index in [4.69, 9.17) is 4.74 Å². The van der Waals surface area contributed by atoms with Crippen LogP contribution < -0.4 is 15.4 Å². The van der Waals surface area contributed by atoms with Crippen LogP contribution in [0.1, 0.15) is 38.7 Å². The van der Waals surface area contributed by atoms with Crippen molar-refractivity contribution < 1.29 is 19.1 Å². The molecule has 1 aromatic rings. The number of amides is 3. The van der Waals surface area contributed by atoms with Gasteiger partial charge < -0.3 is 20.3 Å². The van der Waals surface area contributed by atoms with Gasteiger partial charge in [0.2, 0.25) is 17.7 Å². The molecule has 0 spiro atoms. The Bertz CT molecular complexity index is 715. The molecule has 2 unspecified atom stereocenters. The highest BCUT2D eigenvalue weighted by Gasteiger charge is 2.27. The molecule has 1 fully saturated rings. The summed E-state index contributed by atoms with van der Waals surface area (Å²) < 4.78 is 5.10. The lowest BCUT2D eigenvalue weighted by Gasteiger charge is -2.34. The molecule has 2 N–H and O–H groups in total. The zero-order chi connectivity index (χ0) is 20.5. The summed E-state index contributed by atoms with van der Waals surface area (Å²) in [6.45, 7) is 4.60. The first-order chi connectivity index (χ1) is 13.4. The second kappa shape index (κ2) is 10.5. The molecule has 1 saturated heterocycles. The van der Waals surface area contributed by atoms with Crippen LogP contribution in [0.25, 0.3) is 6.08 Å². The minimum Gasteiger partial charge on any atom is -0.497 e. The van der Waals surface area contributed by atoms with E-state index in [0.717, 1.165) is 24.2 Å². The monoisotopic (exact) mass is 387 g/mol. The lowest BCUT2D eigenvalue weighted by Crippen LogP contribution is -2.54. The van der Waals surface area contributed by atoms with Gasteiger partial charge in [0, 0.05) is 31.6 Å². The molecule has 0 aromatic heterocycles. The highest BCUT2D eigenvalue weighted by Crippen LogP contribution is 2.13. The van der Waals surface area contributed by atoms with Crippen LogP contribution in [0.15, 0.2) is 30.3 Å². The lowest BCUT2D eigenvalue weighted by molar-refractivity contribution is -0.137. The van der Waals surface area contributed by atoms with Gasteiger partial charge in [-0.25, -0.2) is 0 Å². The molecule has 7 heteroatoms. The van der Waals surface area contributed by atoms with Crippen LogP contribution in [0.4, 0.5) is 0 Å².